The lowest BCUT2D eigenvalue weighted by Crippen LogP contribution is -2.22. The maximum Gasteiger partial charge on any atom is 0.454 e. The van der Waals surface area contributed by atoms with E-state index in [1.807, 2.05) is 0 Å². The molecule has 2 aromatic rings. The van der Waals surface area contributed by atoms with Gasteiger partial charge in [0.15, 0.2) is 0 Å². The van der Waals surface area contributed by atoms with Crippen LogP contribution in [0.3, 0.4) is 0 Å². The van der Waals surface area contributed by atoms with Crippen LogP contribution in [0, 0.1) is 5.82 Å². The van der Waals surface area contributed by atoms with Gasteiger partial charge in [-0.2, -0.15) is 13.2 Å². The van der Waals surface area contributed by atoms with Crippen LogP contribution in [0.4, 0.5) is 17.6 Å². The molecule has 0 aliphatic rings. The van der Waals surface area contributed by atoms with Crippen LogP contribution in [0.1, 0.15) is 10.4 Å². The number of hydrogen-bond donors (Lipinski definition) is 0. The highest BCUT2D eigenvalue weighted by Gasteiger charge is 2.39. The zero-order chi connectivity index (χ0) is 14.8. The molecule has 0 saturated carbocycles. The predicted molar refractivity (Wildman–Crippen MR) is 63.3 cm³/mol. The van der Waals surface area contributed by atoms with Crippen LogP contribution in [0.25, 0.3) is 0 Å². The predicted octanol–water partition coefficient (Wildman–Crippen LogP) is 4.36. The van der Waals surface area contributed by atoms with E-state index in [1.54, 1.807) is 0 Å². The minimum atomic E-state index is -4.94. The molecule has 2 nitrogen and oxygen atoms in total. The lowest BCUT2D eigenvalue weighted by molar-refractivity contribution is -0.0885. The van der Waals surface area contributed by atoms with Crippen molar-refractivity contribution in [3.63, 3.8) is 0 Å². The van der Waals surface area contributed by atoms with E-state index in [0.717, 1.165) is 24.3 Å². The van der Waals surface area contributed by atoms with Crippen molar-refractivity contribution in [2.75, 3.05) is 0 Å². The Balaban J connectivity index is 2.22. The SMILES string of the molecule is O=C(c1cccc(Oc2ccc(F)cc2)c1)C(F)(F)F. The zero-order valence-corrected chi connectivity index (χ0v) is 9.95. The average Bonchev–Trinajstić information content (AvgIpc) is 2.40. The highest BCUT2D eigenvalue weighted by molar-refractivity contribution is 6.00. The maximum atomic E-state index is 12.7. The number of ether oxygens (including phenoxy) is 1. The van der Waals surface area contributed by atoms with Gasteiger partial charge >= 0.3 is 6.18 Å². The molecular formula is C14H8F4O2. The fourth-order valence-corrected chi connectivity index (χ4v) is 1.50. The summed E-state index contributed by atoms with van der Waals surface area (Å²) in [4.78, 5) is 11.1. The summed E-state index contributed by atoms with van der Waals surface area (Å²) in [7, 11) is 0. The number of Topliss-reactive ketones (excluding diaryl/α,β-unsaturated/α-hetero) is 1. The van der Waals surface area contributed by atoms with E-state index in [4.69, 9.17) is 4.74 Å². The molecule has 0 heterocycles. The van der Waals surface area contributed by atoms with Crippen LogP contribution in [-0.2, 0) is 0 Å². The van der Waals surface area contributed by atoms with Gasteiger partial charge in [0.2, 0.25) is 0 Å². The smallest absolute Gasteiger partial charge is 0.454 e. The van der Waals surface area contributed by atoms with E-state index in [0.29, 0.717) is 0 Å². The van der Waals surface area contributed by atoms with Crippen LogP contribution in [-0.4, -0.2) is 12.0 Å². The van der Waals surface area contributed by atoms with Gasteiger partial charge < -0.3 is 4.74 Å². The van der Waals surface area contributed by atoms with E-state index < -0.39 is 23.3 Å². The van der Waals surface area contributed by atoms with Gasteiger partial charge in [-0.3, -0.25) is 4.79 Å². The summed E-state index contributed by atoms with van der Waals surface area (Å²) >= 11 is 0. The van der Waals surface area contributed by atoms with Crippen molar-refractivity contribution in [1.29, 1.82) is 0 Å². The molecule has 0 fully saturated rings. The summed E-state index contributed by atoms with van der Waals surface area (Å²) in [5.41, 5.74) is -0.517. The minimum Gasteiger partial charge on any atom is -0.457 e. The summed E-state index contributed by atoms with van der Waals surface area (Å²) in [5, 5.41) is 0. The summed E-state index contributed by atoms with van der Waals surface area (Å²) < 4.78 is 54.9. The Kier molecular flexibility index (Phi) is 3.74. The maximum absolute atomic E-state index is 12.7. The van der Waals surface area contributed by atoms with Crippen molar-refractivity contribution in [2.45, 2.75) is 6.18 Å². The minimum absolute atomic E-state index is 0.0618. The largest absolute Gasteiger partial charge is 0.457 e. The molecule has 0 aliphatic carbocycles. The number of ketones is 1. The first-order valence-electron chi connectivity index (χ1n) is 5.51. The standard InChI is InChI=1S/C14H8F4O2/c15-10-4-6-11(7-5-10)20-12-3-1-2-9(8-12)13(19)14(16,17)18/h1-8H. The Bertz CT molecular complexity index is 618. The molecule has 2 aromatic carbocycles. The summed E-state index contributed by atoms with van der Waals surface area (Å²) in [6.45, 7) is 0. The number of halogens is 4. The Labute approximate surface area is 111 Å². The lowest BCUT2D eigenvalue weighted by Gasteiger charge is -2.08. The van der Waals surface area contributed by atoms with E-state index in [1.165, 1.54) is 24.3 Å². The number of alkyl halides is 3. The molecule has 0 spiro atoms. The van der Waals surface area contributed by atoms with Gasteiger partial charge in [0.05, 0.1) is 0 Å². The lowest BCUT2D eigenvalue weighted by atomic mass is 10.1. The fourth-order valence-electron chi connectivity index (χ4n) is 1.50. The summed E-state index contributed by atoms with van der Waals surface area (Å²) in [6.07, 6.45) is -4.94. The number of hydrogen-bond acceptors (Lipinski definition) is 2. The average molecular weight is 284 g/mol. The zero-order valence-electron chi connectivity index (χ0n) is 9.95. The Morgan fingerprint density at radius 1 is 0.950 bits per heavy atom. The molecule has 0 unspecified atom stereocenters. The molecule has 0 aliphatic heterocycles. The monoisotopic (exact) mass is 284 g/mol. The van der Waals surface area contributed by atoms with Crippen molar-refractivity contribution in [3.8, 4) is 11.5 Å². The highest BCUT2D eigenvalue weighted by atomic mass is 19.4. The van der Waals surface area contributed by atoms with Crippen LogP contribution < -0.4 is 4.74 Å². The molecule has 6 heteroatoms. The molecule has 2 rings (SSSR count). The second-order valence-electron chi connectivity index (χ2n) is 3.91. The molecule has 0 atom stereocenters. The third kappa shape index (κ3) is 3.34. The molecule has 0 saturated heterocycles. The van der Waals surface area contributed by atoms with Gasteiger partial charge in [-0.05, 0) is 36.4 Å². The second kappa shape index (κ2) is 5.32. The normalized spacial score (nSPS) is 11.2. The van der Waals surface area contributed by atoms with Gasteiger partial charge in [0, 0.05) is 5.56 Å². The quantitative estimate of drug-likeness (QED) is 0.618. The van der Waals surface area contributed by atoms with Crippen molar-refractivity contribution in [3.05, 3.63) is 59.9 Å². The van der Waals surface area contributed by atoms with E-state index in [9.17, 15) is 22.4 Å². The summed E-state index contributed by atoms with van der Waals surface area (Å²) in [5.74, 6) is -2.09. The van der Waals surface area contributed by atoms with E-state index >= 15 is 0 Å². The first-order valence-corrected chi connectivity index (χ1v) is 5.51. The molecule has 0 bridgehead atoms. The molecule has 0 aromatic heterocycles. The van der Waals surface area contributed by atoms with Gasteiger partial charge in [-0.15, -0.1) is 0 Å². The van der Waals surface area contributed by atoms with Gasteiger partial charge in [0.1, 0.15) is 17.3 Å². The topological polar surface area (TPSA) is 26.3 Å². The number of carbonyl (C=O) groups is 1. The number of rotatable bonds is 3. The molecule has 0 amide bonds. The third-order valence-electron chi connectivity index (χ3n) is 2.40. The van der Waals surface area contributed by atoms with Gasteiger partial charge in [0.25, 0.3) is 5.78 Å². The Hall–Kier alpha value is -2.37. The van der Waals surface area contributed by atoms with Gasteiger partial charge in [-0.1, -0.05) is 12.1 Å². The van der Waals surface area contributed by atoms with E-state index in [2.05, 4.69) is 0 Å². The van der Waals surface area contributed by atoms with Crippen LogP contribution >= 0.6 is 0 Å². The highest BCUT2D eigenvalue weighted by Crippen LogP contribution is 2.26. The first-order chi connectivity index (χ1) is 9.36. The number of carbonyl (C=O) groups excluding carboxylic acids is 1. The third-order valence-corrected chi connectivity index (χ3v) is 2.40. The van der Waals surface area contributed by atoms with Crippen molar-refractivity contribution < 1.29 is 27.1 Å². The first kappa shape index (κ1) is 14.0. The van der Waals surface area contributed by atoms with Crippen molar-refractivity contribution >= 4 is 5.78 Å². The van der Waals surface area contributed by atoms with Crippen LogP contribution in [0.15, 0.2) is 48.5 Å². The Morgan fingerprint density at radius 2 is 1.60 bits per heavy atom. The second-order valence-corrected chi connectivity index (χ2v) is 3.91. The molecule has 0 radical (unpaired) electrons. The Morgan fingerprint density at radius 3 is 2.20 bits per heavy atom. The van der Waals surface area contributed by atoms with Crippen molar-refractivity contribution in [1.82, 2.24) is 0 Å². The van der Waals surface area contributed by atoms with Crippen LogP contribution in [0.2, 0.25) is 0 Å². The molecular weight excluding hydrogens is 276 g/mol. The van der Waals surface area contributed by atoms with Gasteiger partial charge in [-0.25, -0.2) is 4.39 Å². The number of benzene rings is 2. The summed E-state index contributed by atoms with van der Waals surface area (Å²) in [6, 6.07) is 9.67. The van der Waals surface area contributed by atoms with Crippen molar-refractivity contribution in [2.24, 2.45) is 0 Å². The molecule has 0 N–H and O–H groups in total. The molecule has 104 valence electrons. The molecule has 20 heavy (non-hydrogen) atoms. The van der Waals surface area contributed by atoms with Crippen LogP contribution in [0.5, 0.6) is 11.5 Å². The van der Waals surface area contributed by atoms with E-state index in [-0.39, 0.29) is 11.5 Å². The fraction of sp³-hybridized carbons (Fsp3) is 0.0714.